The third-order valence-corrected chi connectivity index (χ3v) is 7.30. The first-order valence-corrected chi connectivity index (χ1v) is 12.6. The molecular formula is C27H23ClN4O2S. The second-order valence-corrected chi connectivity index (χ2v) is 10.1. The summed E-state index contributed by atoms with van der Waals surface area (Å²) >= 11 is 7.40. The van der Waals surface area contributed by atoms with Crippen LogP contribution in [0.15, 0.2) is 89.0 Å². The molecule has 2 atom stereocenters. The van der Waals surface area contributed by atoms with Crippen molar-refractivity contribution in [2.24, 2.45) is 10.1 Å². The van der Waals surface area contributed by atoms with Gasteiger partial charge in [0.1, 0.15) is 5.25 Å². The van der Waals surface area contributed by atoms with Crippen LogP contribution in [-0.4, -0.2) is 33.0 Å². The van der Waals surface area contributed by atoms with Crippen LogP contribution in [0.3, 0.4) is 0 Å². The summed E-state index contributed by atoms with van der Waals surface area (Å²) in [4.78, 5) is 29.6. The van der Waals surface area contributed by atoms with Gasteiger partial charge in [-0.25, -0.2) is 5.01 Å². The van der Waals surface area contributed by atoms with E-state index in [1.54, 1.807) is 0 Å². The fourth-order valence-electron chi connectivity index (χ4n) is 4.06. The number of anilines is 1. The number of rotatable bonds is 5. The Labute approximate surface area is 213 Å². The number of thioether (sulfide) groups is 1. The zero-order valence-electron chi connectivity index (χ0n) is 19.0. The molecule has 0 bridgehead atoms. The minimum Gasteiger partial charge on any atom is -0.326 e. The topological polar surface area (TPSA) is 74.1 Å². The Hall–Kier alpha value is -3.42. The molecule has 0 spiro atoms. The fourth-order valence-corrected chi connectivity index (χ4v) is 5.25. The van der Waals surface area contributed by atoms with Gasteiger partial charge in [0.05, 0.1) is 11.8 Å². The van der Waals surface area contributed by atoms with E-state index < -0.39 is 5.25 Å². The van der Waals surface area contributed by atoms with Gasteiger partial charge in [-0.1, -0.05) is 83.5 Å². The molecule has 0 saturated carbocycles. The highest BCUT2D eigenvalue weighted by Gasteiger charge is 2.39. The summed E-state index contributed by atoms with van der Waals surface area (Å²) in [5, 5.41) is 10.1. The van der Waals surface area contributed by atoms with Gasteiger partial charge in [0.25, 0.3) is 5.91 Å². The van der Waals surface area contributed by atoms with E-state index in [9.17, 15) is 9.59 Å². The minimum absolute atomic E-state index is 0.0411. The number of benzene rings is 3. The van der Waals surface area contributed by atoms with E-state index in [0.29, 0.717) is 22.3 Å². The first-order chi connectivity index (χ1) is 17.0. The molecule has 0 saturated heterocycles. The average molecular weight is 503 g/mol. The predicted molar refractivity (Wildman–Crippen MR) is 142 cm³/mol. The van der Waals surface area contributed by atoms with Gasteiger partial charge in [0, 0.05) is 23.6 Å². The third-order valence-electron chi connectivity index (χ3n) is 5.90. The molecule has 0 fully saturated rings. The second-order valence-electron chi connectivity index (χ2n) is 8.49. The van der Waals surface area contributed by atoms with E-state index >= 15 is 0 Å². The van der Waals surface area contributed by atoms with Crippen LogP contribution in [0.2, 0.25) is 5.02 Å². The number of amides is 2. The summed E-state index contributed by atoms with van der Waals surface area (Å²) in [5.41, 5.74) is 4.86. The van der Waals surface area contributed by atoms with Crippen molar-refractivity contribution >= 4 is 51.7 Å². The number of hydrazone groups is 1. The number of amidine groups is 1. The van der Waals surface area contributed by atoms with Crippen LogP contribution in [0, 0.1) is 6.92 Å². The van der Waals surface area contributed by atoms with Crippen molar-refractivity contribution in [1.82, 2.24) is 5.01 Å². The first-order valence-electron chi connectivity index (χ1n) is 11.3. The van der Waals surface area contributed by atoms with Crippen LogP contribution in [0.25, 0.3) is 0 Å². The zero-order chi connectivity index (χ0) is 24.4. The van der Waals surface area contributed by atoms with Crippen LogP contribution >= 0.6 is 23.4 Å². The maximum absolute atomic E-state index is 12.7. The van der Waals surface area contributed by atoms with Crippen LogP contribution in [0.4, 0.5) is 5.69 Å². The third kappa shape index (κ3) is 5.31. The first kappa shape index (κ1) is 23.3. The largest absolute Gasteiger partial charge is 0.326 e. The van der Waals surface area contributed by atoms with Crippen molar-refractivity contribution in [3.8, 4) is 0 Å². The van der Waals surface area contributed by atoms with Crippen molar-refractivity contribution in [2.75, 3.05) is 5.32 Å². The molecule has 0 aliphatic carbocycles. The number of aryl methyl sites for hydroxylation is 1. The van der Waals surface area contributed by atoms with Gasteiger partial charge in [-0.3, -0.25) is 9.59 Å². The molecule has 2 amide bonds. The number of nitrogens with zero attached hydrogens (tertiary/aromatic N) is 3. The number of hydrogen-bond acceptors (Lipinski definition) is 5. The zero-order valence-corrected chi connectivity index (χ0v) is 20.6. The Morgan fingerprint density at radius 2 is 1.77 bits per heavy atom. The number of aliphatic imine (C=N–C) groups is 1. The van der Waals surface area contributed by atoms with Crippen LogP contribution in [-0.2, 0) is 9.59 Å². The molecule has 8 heteroatoms. The van der Waals surface area contributed by atoms with E-state index in [4.69, 9.17) is 16.7 Å². The number of nitrogens with one attached hydrogen (secondary N) is 1. The SMILES string of the molecule is Cc1ccc(C2=NN(C3=NC(=O)[C@@H](CC(=O)Nc4ccccc4)S3)[C@@H](c3ccc(Cl)cc3)C2)cc1. The van der Waals surface area contributed by atoms with Crippen molar-refractivity contribution in [1.29, 1.82) is 0 Å². The lowest BCUT2D eigenvalue weighted by molar-refractivity contribution is -0.121. The molecule has 2 aliphatic rings. The monoisotopic (exact) mass is 502 g/mol. The van der Waals surface area contributed by atoms with Gasteiger partial charge in [0.2, 0.25) is 5.91 Å². The Balaban J connectivity index is 1.36. The molecule has 2 aliphatic heterocycles. The molecule has 35 heavy (non-hydrogen) atoms. The summed E-state index contributed by atoms with van der Waals surface area (Å²) in [6, 6.07) is 25.0. The Morgan fingerprint density at radius 1 is 1.06 bits per heavy atom. The highest BCUT2D eigenvalue weighted by Crippen LogP contribution is 2.39. The maximum atomic E-state index is 12.7. The lowest BCUT2D eigenvalue weighted by Crippen LogP contribution is -2.25. The van der Waals surface area contributed by atoms with E-state index in [-0.39, 0.29) is 24.3 Å². The average Bonchev–Trinajstić information content (AvgIpc) is 3.45. The molecule has 3 aromatic carbocycles. The number of carbonyl (C=O) groups excluding carboxylic acids is 2. The highest BCUT2D eigenvalue weighted by atomic mass is 35.5. The molecule has 5 rings (SSSR count). The van der Waals surface area contributed by atoms with Gasteiger partial charge in [0.15, 0.2) is 5.17 Å². The molecule has 0 radical (unpaired) electrons. The van der Waals surface area contributed by atoms with Gasteiger partial charge < -0.3 is 5.32 Å². The quantitative estimate of drug-likeness (QED) is 0.476. The standard InChI is InChI=1S/C27H23ClN4O2S/c1-17-7-9-18(10-8-17)22-15-23(19-11-13-20(28)14-12-19)32(31-22)27-30-26(34)24(35-27)16-25(33)29-21-5-3-2-4-6-21/h2-14,23-24H,15-16H2,1H3,(H,29,33)/t23-,24-/m1/s1. The molecule has 3 aromatic rings. The van der Waals surface area contributed by atoms with E-state index in [0.717, 1.165) is 16.8 Å². The van der Waals surface area contributed by atoms with Gasteiger partial charge in [-0.2, -0.15) is 10.1 Å². The normalized spacial score (nSPS) is 19.5. The van der Waals surface area contributed by atoms with Gasteiger partial charge in [-0.05, 0) is 42.3 Å². The summed E-state index contributed by atoms with van der Waals surface area (Å²) < 4.78 is 0. The molecule has 6 nitrogen and oxygen atoms in total. The fraction of sp³-hybridized carbons (Fsp3) is 0.185. The number of carbonyl (C=O) groups is 2. The second kappa shape index (κ2) is 10.1. The van der Waals surface area contributed by atoms with Crippen molar-refractivity contribution in [3.05, 3.63) is 101 Å². The summed E-state index contributed by atoms with van der Waals surface area (Å²) in [6.45, 7) is 2.05. The molecule has 176 valence electrons. The van der Waals surface area contributed by atoms with Crippen molar-refractivity contribution in [2.45, 2.75) is 31.1 Å². The smallest absolute Gasteiger partial charge is 0.262 e. The van der Waals surface area contributed by atoms with Crippen molar-refractivity contribution in [3.63, 3.8) is 0 Å². The van der Waals surface area contributed by atoms with Gasteiger partial charge >= 0.3 is 0 Å². The Kier molecular flexibility index (Phi) is 6.70. The summed E-state index contributed by atoms with van der Waals surface area (Å²) in [6.07, 6.45) is 0.705. The maximum Gasteiger partial charge on any atom is 0.262 e. The van der Waals surface area contributed by atoms with E-state index in [1.165, 1.54) is 17.3 Å². The lowest BCUT2D eigenvalue weighted by atomic mass is 9.98. The Bertz CT molecular complexity index is 1310. The van der Waals surface area contributed by atoms with E-state index in [1.807, 2.05) is 66.5 Å². The summed E-state index contributed by atoms with van der Waals surface area (Å²) in [5.74, 6) is -0.542. The highest BCUT2D eigenvalue weighted by molar-refractivity contribution is 8.15. The van der Waals surface area contributed by atoms with E-state index in [2.05, 4.69) is 34.6 Å². The molecule has 0 aromatic heterocycles. The molecule has 1 N–H and O–H groups in total. The molecule has 0 unspecified atom stereocenters. The van der Waals surface area contributed by atoms with Crippen LogP contribution in [0.1, 0.15) is 35.6 Å². The van der Waals surface area contributed by atoms with Crippen LogP contribution in [0.5, 0.6) is 0 Å². The summed E-state index contributed by atoms with van der Waals surface area (Å²) in [7, 11) is 0. The van der Waals surface area contributed by atoms with Crippen molar-refractivity contribution < 1.29 is 9.59 Å². The molecule has 2 heterocycles. The molecular weight excluding hydrogens is 480 g/mol. The number of para-hydroxylation sites is 1. The number of hydrogen-bond donors (Lipinski definition) is 1. The van der Waals surface area contributed by atoms with Gasteiger partial charge in [-0.15, -0.1) is 0 Å². The number of halogens is 1. The van der Waals surface area contributed by atoms with Crippen LogP contribution < -0.4 is 5.32 Å². The predicted octanol–water partition coefficient (Wildman–Crippen LogP) is 5.83. The Morgan fingerprint density at radius 3 is 2.49 bits per heavy atom. The lowest BCUT2D eigenvalue weighted by Gasteiger charge is -2.23. The minimum atomic E-state index is -0.585.